The highest BCUT2D eigenvalue weighted by Crippen LogP contribution is 2.30. The molecule has 0 amide bonds. The topological polar surface area (TPSA) is 35.2 Å². The highest BCUT2D eigenvalue weighted by atomic mass is 35.5. The average Bonchev–Trinajstić information content (AvgIpc) is 2.39. The maximum Gasteiger partial charge on any atom is 0.142 e. The van der Waals surface area contributed by atoms with Crippen molar-refractivity contribution in [3.05, 3.63) is 63.4 Å². The third kappa shape index (κ3) is 3.18. The first-order chi connectivity index (χ1) is 9.13. The second-order valence-electron chi connectivity index (χ2n) is 3.92. The molecule has 0 spiro atoms. The van der Waals surface area contributed by atoms with Crippen molar-refractivity contribution in [3.8, 4) is 5.75 Å². The van der Waals surface area contributed by atoms with E-state index in [9.17, 15) is 4.39 Å². The molecule has 5 heteroatoms. The van der Waals surface area contributed by atoms with Gasteiger partial charge in [0.15, 0.2) is 0 Å². The summed E-state index contributed by atoms with van der Waals surface area (Å²) in [6.07, 6.45) is 0. The summed E-state index contributed by atoms with van der Waals surface area (Å²) < 4.78 is 19.2. The van der Waals surface area contributed by atoms with Crippen LogP contribution in [0.5, 0.6) is 5.75 Å². The van der Waals surface area contributed by atoms with Gasteiger partial charge < -0.3 is 10.5 Å². The van der Waals surface area contributed by atoms with Crippen molar-refractivity contribution in [3.63, 3.8) is 0 Å². The predicted octanol–water partition coefficient (Wildman–Crippen LogP) is 4.17. The van der Waals surface area contributed by atoms with E-state index in [2.05, 4.69) is 0 Å². The molecule has 2 nitrogen and oxygen atoms in total. The summed E-state index contributed by atoms with van der Waals surface area (Å²) in [4.78, 5) is 0. The lowest BCUT2D eigenvalue weighted by Crippen LogP contribution is -2.04. The van der Waals surface area contributed by atoms with Gasteiger partial charge in [0.1, 0.15) is 18.2 Å². The second-order valence-corrected chi connectivity index (χ2v) is 4.74. The minimum atomic E-state index is -0.408. The Morgan fingerprint density at radius 2 is 1.74 bits per heavy atom. The van der Waals surface area contributed by atoms with Crippen LogP contribution in [-0.2, 0) is 13.2 Å². The van der Waals surface area contributed by atoms with Gasteiger partial charge in [-0.1, -0.05) is 41.4 Å². The first-order valence-electron chi connectivity index (χ1n) is 5.66. The predicted molar refractivity (Wildman–Crippen MR) is 75.1 cm³/mol. The van der Waals surface area contributed by atoms with Crippen LogP contribution in [0.25, 0.3) is 0 Å². The number of halogens is 3. The van der Waals surface area contributed by atoms with Gasteiger partial charge in [-0.25, -0.2) is 4.39 Å². The lowest BCUT2D eigenvalue weighted by Gasteiger charge is -2.13. The Morgan fingerprint density at radius 3 is 2.42 bits per heavy atom. The van der Waals surface area contributed by atoms with Gasteiger partial charge in [-0.05, 0) is 18.2 Å². The van der Waals surface area contributed by atoms with E-state index in [1.54, 1.807) is 24.3 Å². The fourth-order valence-corrected chi connectivity index (χ4v) is 2.16. The average molecular weight is 300 g/mol. The smallest absolute Gasteiger partial charge is 0.142 e. The van der Waals surface area contributed by atoms with Crippen LogP contribution in [0.15, 0.2) is 36.4 Å². The molecule has 0 aliphatic heterocycles. The molecular formula is C14H12Cl2FNO. The SMILES string of the molecule is NCc1cccc(Cl)c1OCc1c(F)cccc1Cl. The van der Waals surface area contributed by atoms with Gasteiger partial charge >= 0.3 is 0 Å². The van der Waals surface area contributed by atoms with Gasteiger partial charge in [-0.15, -0.1) is 0 Å². The maximum absolute atomic E-state index is 13.6. The van der Waals surface area contributed by atoms with E-state index in [0.29, 0.717) is 27.9 Å². The fraction of sp³-hybridized carbons (Fsp3) is 0.143. The Balaban J connectivity index is 2.24. The molecule has 0 saturated heterocycles. The van der Waals surface area contributed by atoms with Gasteiger partial charge in [0.05, 0.1) is 10.0 Å². The van der Waals surface area contributed by atoms with E-state index in [-0.39, 0.29) is 6.61 Å². The monoisotopic (exact) mass is 299 g/mol. The minimum absolute atomic E-state index is 0.00222. The summed E-state index contributed by atoms with van der Waals surface area (Å²) in [6.45, 7) is 0.295. The number of benzene rings is 2. The highest BCUT2D eigenvalue weighted by molar-refractivity contribution is 6.32. The van der Waals surface area contributed by atoms with Crippen molar-refractivity contribution in [1.29, 1.82) is 0 Å². The largest absolute Gasteiger partial charge is 0.487 e. The summed E-state index contributed by atoms with van der Waals surface area (Å²) in [6, 6.07) is 9.78. The summed E-state index contributed by atoms with van der Waals surface area (Å²) >= 11 is 12.0. The van der Waals surface area contributed by atoms with Gasteiger partial charge in [-0.2, -0.15) is 0 Å². The van der Waals surface area contributed by atoms with Crippen molar-refractivity contribution in [2.75, 3.05) is 0 Å². The normalized spacial score (nSPS) is 10.5. The zero-order valence-corrected chi connectivity index (χ0v) is 11.5. The Hall–Kier alpha value is -1.29. The van der Waals surface area contributed by atoms with E-state index >= 15 is 0 Å². The van der Waals surface area contributed by atoms with Gasteiger partial charge in [0.2, 0.25) is 0 Å². The minimum Gasteiger partial charge on any atom is -0.487 e. The summed E-state index contributed by atoms with van der Waals surface area (Å²) in [7, 11) is 0. The zero-order valence-electron chi connectivity index (χ0n) is 10.00. The Kier molecular flexibility index (Phi) is 4.64. The molecule has 2 rings (SSSR count). The van der Waals surface area contributed by atoms with Crippen molar-refractivity contribution in [1.82, 2.24) is 0 Å². The Labute approximate surface area is 120 Å². The van der Waals surface area contributed by atoms with Crippen molar-refractivity contribution < 1.29 is 9.13 Å². The molecular weight excluding hydrogens is 288 g/mol. The van der Waals surface area contributed by atoms with Crippen LogP contribution in [0.3, 0.4) is 0 Å². The number of rotatable bonds is 4. The van der Waals surface area contributed by atoms with E-state index in [4.69, 9.17) is 33.7 Å². The molecule has 0 bridgehead atoms. The number of hydrogen-bond acceptors (Lipinski definition) is 2. The van der Waals surface area contributed by atoms with Crippen molar-refractivity contribution in [2.24, 2.45) is 5.73 Å². The molecule has 2 N–H and O–H groups in total. The molecule has 0 aromatic heterocycles. The zero-order chi connectivity index (χ0) is 13.8. The van der Waals surface area contributed by atoms with Gasteiger partial charge in [-0.3, -0.25) is 0 Å². The number of hydrogen-bond donors (Lipinski definition) is 1. The van der Waals surface area contributed by atoms with Crippen LogP contribution in [-0.4, -0.2) is 0 Å². The highest BCUT2D eigenvalue weighted by Gasteiger charge is 2.11. The van der Waals surface area contributed by atoms with Crippen LogP contribution in [0.4, 0.5) is 4.39 Å². The second kappa shape index (κ2) is 6.24. The van der Waals surface area contributed by atoms with Crippen LogP contribution < -0.4 is 10.5 Å². The quantitative estimate of drug-likeness (QED) is 0.919. The molecule has 0 saturated carbocycles. The molecule has 0 unspecified atom stereocenters. The van der Waals surface area contributed by atoms with E-state index < -0.39 is 5.82 Å². The van der Waals surface area contributed by atoms with Crippen LogP contribution in [0.1, 0.15) is 11.1 Å². The lowest BCUT2D eigenvalue weighted by atomic mass is 10.2. The standard InChI is InChI=1S/C14H12Cl2FNO/c15-11-4-2-6-13(17)10(11)8-19-14-9(7-18)3-1-5-12(14)16/h1-6H,7-8,18H2. The van der Waals surface area contributed by atoms with Crippen LogP contribution in [0, 0.1) is 5.82 Å². The number of ether oxygens (including phenoxy) is 1. The lowest BCUT2D eigenvalue weighted by molar-refractivity contribution is 0.297. The third-order valence-corrected chi connectivity index (χ3v) is 3.34. The summed E-state index contributed by atoms with van der Waals surface area (Å²) in [5.41, 5.74) is 6.67. The van der Waals surface area contributed by atoms with Gasteiger partial charge in [0, 0.05) is 17.7 Å². The van der Waals surface area contributed by atoms with Gasteiger partial charge in [0.25, 0.3) is 0 Å². The summed E-state index contributed by atoms with van der Waals surface area (Å²) in [5.74, 6) is 0.0554. The van der Waals surface area contributed by atoms with E-state index in [1.807, 2.05) is 6.07 Å². The molecule has 19 heavy (non-hydrogen) atoms. The third-order valence-electron chi connectivity index (χ3n) is 2.69. The number of nitrogens with two attached hydrogens (primary N) is 1. The van der Waals surface area contributed by atoms with E-state index in [0.717, 1.165) is 5.56 Å². The Morgan fingerprint density at radius 1 is 1.05 bits per heavy atom. The molecule has 0 aliphatic carbocycles. The van der Waals surface area contributed by atoms with Crippen LogP contribution >= 0.6 is 23.2 Å². The van der Waals surface area contributed by atoms with E-state index in [1.165, 1.54) is 6.07 Å². The Bertz CT molecular complexity index is 569. The molecule has 100 valence electrons. The molecule has 0 fully saturated rings. The molecule has 2 aromatic carbocycles. The van der Waals surface area contributed by atoms with Crippen molar-refractivity contribution >= 4 is 23.2 Å². The molecule has 0 atom stereocenters. The fourth-order valence-electron chi connectivity index (χ4n) is 1.69. The summed E-state index contributed by atoms with van der Waals surface area (Å²) in [5, 5.41) is 0.761. The number of para-hydroxylation sites is 1. The molecule has 0 aliphatic rings. The van der Waals surface area contributed by atoms with Crippen molar-refractivity contribution in [2.45, 2.75) is 13.2 Å². The molecule has 0 radical (unpaired) electrons. The maximum atomic E-state index is 13.6. The molecule has 0 heterocycles. The van der Waals surface area contributed by atoms with Crippen LogP contribution in [0.2, 0.25) is 10.0 Å². The first-order valence-corrected chi connectivity index (χ1v) is 6.42. The first kappa shape index (κ1) is 14.1. The molecule has 2 aromatic rings.